The molecular weight excluding hydrogens is 206 g/mol. The lowest BCUT2D eigenvalue weighted by molar-refractivity contribution is -0.00000617. The third kappa shape index (κ3) is 3.06. The van der Waals surface area contributed by atoms with Crippen molar-refractivity contribution in [3.8, 4) is 11.5 Å². The molecule has 5 heteroatoms. The predicted molar refractivity (Wildman–Crippen MR) is 48.7 cm³/mol. The average molecular weight is 219 g/mol. The summed E-state index contributed by atoms with van der Waals surface area (Å²) in [4.78, 5) is 0. The van der Waals surface area contributed by atoms with Gasteiger partial charge in [-0.1, -0.05) is 6.07 Å². The van der Waals surface area contributed by atoms with Crippen molar-refractivity contribution in [3.63, 3.8) is 0 Å². The normalized spacial score (nSPS) is 11.9. The third-order valence-electron chi connectivity index (χ3n) is 1.78. The largest absolute Gasteiger partial charge is 1.00 e. The molecule has 80 valence electrons. The number of phenols is 2. The van der Waals surface area contributed by atoms with Gasteiger partial charge in [0.2, 0.25) is 0 Å². The van der Waals surface area contributed by atoms with E-state index in [1.54, 1.807) is 13.1 Å². The fourth-order valence-electron chi connectivity index (χ4n) is 1.06. The van der Waals surface area contributed by atoms with Gasteiger partial charge in [-0.2, -0.15) is 0 Å². The Hall–Kier alpha value is -0.970. The van der Waals surface area contributed by atoms with Crippen LogP contribution in [0.5, 0.6) is 11.5 Å². The first kappa shape index (κ1) is 13.0. The quantitative estimate of drug-likeness (QED) is 0.419. The van der Waals surface area contributed by atoms with Crippen LogP contribution >= 0.6 is 0 Å². The Labute approximate surface area is 88.6 Å². The molecule has 0 aromatic heterocycles. The number of nitrogens with one attached hydrogen (secondary N) is 1. The van der Waals surface area contributed by atoms with Crippen molar-refractivity contribution in [2.75, 3.05) is 13.6 Å². The molecule has 0 bridgehead atoms. The van der Waals surface area contributed by atoms with Crippen LogP contribution in [0.1, 0.15) is 11.7 Å². The summed E-state index contributed by atoms with van der Waals surface area (Å²) >= 11 is 0. The van der Waals surface area contributed by atoms with Crippen LogP contribution < -0.4 is 17.7 Å². The van der Waals surface area contributed by atoms with Crippen molar-refractivity contribution in [2.24, 2.45) is 0 Å². The van der Waals surface area contributed by atoms with E-state index in [0.29, 0.717) is 12.1 Å². The van der Waals surface area contributed by atoms with Crippen LogP contribution in [0.25, 0.3) is 0 Å². The van der Waals surface area contributed by atoms with E-state index >= 15 is 0 Å². The Balaban J connectivity index is 0.00000169. The molecule has 1 atom stereocenters. The van der Waals surface area contributed by atoms with Gasteiger partial charge in [-0.25, -0.2) is 0 Å². The second-order valence-electron chi connectivity index (χ2n) is 2.82. The van der Waals surface area contributed by atoms with Gasteiger partial charge < -0.3 is 33.0 Å². The number of rotatable bonds is 3. The highest BCUT2D eigenvalue weighted by molar-refractivity contribution is 5.41. The molecule has 0 aliphatic carbocycles. The number of aliphatic hydroxyl groups excluding tert-OH is 1. The Morgan fingerprint density at radius 3 is 2.43 bits per heavy atom. The van der Waals surface area contributed by atoms with E-state index in [4.69, 9.17) is 10.2 Å². The standard InChI is InChI=1S/C9H13NO3.ClH/c1-10-5-9(13)6-2-3-7(11)8(12)4-6;/h2-4,9-13H,5H2,1H3;1H/p-1/t9-;/m0./s1. The molecule has 4 N–H and O–H groups in total. The molecule has 1 rings (SSSR count). The predicted octanol–water partition coefficient (Wildman–Crippen LogP) is -2.65. The maximum absolute atomic E-state index is 9.48. The summed E-state index contributed by atoms with van der Waals surface area (Å²) in [5, 5.41) is 30.4. The summed E-state index contributed by atoms with van der Waals surface area (Å²) in [5.41, 5.74) is 0.574. The lowest BCUT2D eigenvalue weighted by atomic mass is 10.1. The zero-order valence-electron chi connectivity index (χ0n) is 7.74. The van der Waals surface area contributed by atoms with Crippen molar-refractivity contribution in [1.29, 1.82) is 0 Å². The highest BCUT2D eigenvalue weighted by Crippen LogP contribution is 2.27. The summed E-state index contributed by atoms with van der Waals surface area (Å²) in [6.45, 7) is 0.407. The van der Waals surface area contributed by atoms with Gasteiger partial charge in [0, 0.05) is 6.54 Å². The van der Waals surface area contributed by atoms with Crippen molar-refractivity contribution in [3.05, 3.63) is 23.8 Å². The number of aromatic hydroxyl groups is 2. The third-order valence-corrected chi connectivity index (χ3v) is 1.78. The highest BCUT2D eigenvalue weighted by Gasteiger charge is 2.08. The van der Waals surface area contributed by atoms with Gasteiger partial charge in [0.1, 0.15) is 0 Å². The topological polar surface area (TPSA) is 72.7 Å². The molecule has 0 amide bonds. The smallest absolute Gasteiger partial charge is 0.157 e. The molecule has 14 heavy (non-hydrogen) atoms. The van der Waals surface area contributed by atoms with Crippen LogP contribution in [0.15, 0.2) is 18.2 Å². The van der Waals surface area contributed by atoms with Gasteiger partial charge in [-0.05, 0) is 24.7 Å². The van der Waals surface area contributed by atoms with Crippen molar-refractivity contribution in [1.82, 2.24) is 5.32 Å². The fraction of sp³-hybridized carbons (Fsp3) is 0.333. The van der Waals surface area contributed by atoms with Gasteiger partial charge >= 0.3 is 0 Å². The van der Waals surface area contributed by atoms with Crippen LogP contribution in [0.3, 0.4) is 0 Å². The van der Waals surface area contributed by atoms with E-state index in [-0.39, 0.29) is 23.9 Å². The van der Waals surface area contributed by atoms with Crippen molar-refractivity contribution < 1.29 is 27.7 Å². The lowest BCUT2D eigenvalue weighted by Gasteiger charge is -2.10. The average Bonchev–Trinajstić information content (AvgIpc) is 2.10. The van der Waals surface area contributed by atoms with E-state index in [1.165, 1.54) is 12.1 Å². The zero-order valence-corrected chi connectivity index (χ0v) is 8.49. The number of aliphatic hydroxyl groups is 1. The summed E-state index contributed by atoms with van der Waals surface area (Å²) in [6, 6.07) is 4.26. The van der Waals surface area contributed by atoms with E-state index < -0.39 is 6.10 Å². The number of hydrogen-bond donors (Lipinski definition) is 4. The maximum Gasteiger partial charge on any atom is 0.157 e. The second-order valence-corrected chi connectivity index (χ2v) is 2.82. The van der Waals surface area contributed by atoms with Crippen LogP contribution in [0.2, 0.25) is 0 Å². The van der Waals surface area contributed by atoms with Crippen molar-refractivity contribution >= 4 is 0 Å². The lowest BCUT2D eigenvalue weighted by Crippen LogP contribution is -3.00. The molecular formula is C9H13ClNO3-. The molecule has 0 saturated heterocycles. The van der Waals surface area contributed by atoms with Crippen LogP contribution in [-0.2, 0) is 0 Å². The number of hydrogen-bond acceptors (Lipinski definition) is 4. The van der Waals surface area contributed by atoms with Gasteiger partial charge in [0.25, 0.3) is 0 Å². The molecule has 0 aliphatic rings. The van der Waals surface area contributed by atoms with Crippen LogP contribution in [-0.4, -0.2) is 28.9 Å². The number of phenolic OH excluding ortho intramolecular Hbond substituents is 2. The van der Waals surface area contributed by atoms with E-state index in [9.17, 15) is 5.11 Å². The molecule has 0 spiro atoms. The first-order valence-electron chi connectivity index (χ1n) is 3.99. The molecule has 0 heterocycles. The van der Waals surface area contributed by atoms with E-state index in [0.717, 1.165) is 0 Å². The Bertz CT molecular complexity index is 293. The van der Waals surface area contributed by atoms with Gasteiger partial charge in [-0.15, -0.1) is 0 Å². The molecule has 0 fully saturated rings. The molecule has 1 aromatic carbocycles. The summed E-state index contributed by atoms with van der Waals surface area (Å²) < 4.78 is 0. The zero-order chi connectivity index (χ0) is 9.84. The first-order chi connectivity index (χ1) is 6.15. The summed E-state index contributed by atoms with van der Waals surface area (Å²) in [7, 11) is 1.73. The molecule has 0 radical (unpaired) electrons. The minimum atomic E-state index is -0.670. The molecule has 1 aromatic rings. The minimum absolute atomic E-state index is 0. The van der Waals surface area contributed by atoms with Gasteiger partial charge in [0.15, 0.2) is 11.5 Å². The molecule has 0 unspecified atom stereocenters. The second kappa shape index (κ2) is 5.70. The van der Waals surface area contributed by atoms with Crippen LogP contribution in [0, 0.1) is 0 Å². The fourth-order valence-corrected chi connectivity index (χ4v) is 1.06. The number of halogens is 1. The monoisotopic (exact) mass is 218 g/mol. The highest BCUT2D eigenvalue weighted by atomic mass is 35.5. The minimum Gasteiger partial charge on any atom is -1.00 e. The summed E-state index contributed by atoms with van der Waals surface area (Å²) in [5.74, 6) is -0.395. The Morgan fingerprint density at radius 1 is 1.29 bits per heavy atom. The van der Waals surface area contributed by atoms with Gasteiger partial charge in [0.05, 0.1) is 6.10 Å². The molecule has 0 aliphatic heterocycles. The van der Waals surface area contributed by atoms with Crippen LogP contribution in [0.4, 0.5) is 0 Å². The van der Waals surface area contributed by atoms with Gasteiger partial charge in [-0.3, -0.25) is 0 Å². The van der Waals surface area contributed by atoms with Crippen molar-refractivity contribution in [2.45, 2.75) is 6.10 Å². The number of benzene rings is 1. The summed E-state index contributed by atoms with van der Waals surface area (Å²) in [6.07, 6.45) is -0.670. The van der Waals surface area contributed by atoms with E-state index in [2.05, 4.69) is 5.32 Å². The SMILES string of the molecule is CNC[C@H](O)c1ccc(O)c(O)c1.[Cl-]. The Kier molecular flexibility index (Phi) is 5.30. The number of likely N-dealkylation sites (N-methyl/N-ethyl adjacent to an activating group) is 1. The maximum atomic E-state index is 9.48. The molecule has 4 nitrogen and oxygen atoms in total. The first-order valence-corrected chi connectivity index (χ1v) is 3.99. The Morgan fingerprint density at radius 2 is 1.93 bits per heavy atom. The van der Waals surface area contributed by atoms with E-state index in [1.807, 2.05) is 0 Å². The molecule has 0 saturated carbocycles.